The average Bonchev–Trinajstić information content (AvgIpc) is 2.96. The first kappa shape index (κ1) is 19.5. The normalized spacial score (nSPS) is 16.4. The molecule has 2 heterocycles. The largest absolute Gasteiger partial charge is 0.493 e. The Bertz CT molecular complexity index is 733. The van der Waals surface area contributed by atoms with Crippen molar-refractivity contribution in [3.05, 3.63) is 47.3 Å². The summed E-state index contributed by atoms with van der Waals surface area (Å²) in [5.74, 6) is 1.94. The summed E-state index contributed by atoms with van der Waals surface area (Å²) in [4.78, 5) is 7.31. The summed E-state index contributed by atoms with van der Waals surface area (Å²) >= 11 is 0. The third-order valence-electron chi connectivity index (χ3n) is 4.93. The van der Waals surface area contributed by atoms with Gasteiger partial charge in [0.1, 0.15) is 0 Å². The zero-order valence-electron chi connectivity index (χ0n) is 16.6. The molecule has 27 heavy (non-hydrogen) atoms. The van der Waals surface area contributed by atoms with Crippen molar-refractivity contribution in [1.29, 1.82) is 0 Å². The second kappa shape index (κ2) is 9.06. The minimum Gasteiger partial charge on any atom is -0.493 e. The second-order valence-corrected chi connectivity index (χ2v) is 6.70. The van der Waals surface area contributed by atoms with Gasteiger partial charge in [0, 0.05) is 25.3 Å². The zero-order chi connectivity index (χ0) is 19.2. The molecule has 146 valence electrons. The van der Waals surface area contributed by atoms with Crippen molar-refractivity contribution in [1.82, 2.24) is 15.2 Å². The maximum Gasteiger partial charge on any atom is 0.203 e. The molecule has 1 fully saturated rings. The van der Waals surface area contributed by atoms with E-state index in [-0.39, 0.29) is 6.04 Å². The molecule has 1 unspecified atom stereocenters. The molecule has 0 aliphatic carbocycles. The molecule has 1 aliphatic rings. The van der Waals surface area contributed by atoms with Crippen molar-refractivity contribution < 1.29 is 14.2 Å². The molecule has 6 heteroatoms. The highest BCUT2D eigenvalue weighted by atomic mass is 16.5. The summed E-state index contributed by atoms with van der Waals surface area (Å²) in [5.41, 5.74) is 3.13. The molecular formula is C21H29N3O3. The number of aromatic nitrogens is 1. The lowest BCUT2D eigenvalue weighted by atomic mass is 9.99. The number of rotatable bonds is 6. The van der Waals surface area contributed by atoms with Gasteiger partial charge in [0.2, 0.25) is 5.75 Å². The molecule has 1 aromatic carbocycles. The number of benzene rings is 1. The highest BCUT2D eigenvalue weighted by Gasteiger charge is 2.27. The Morgan fingerprint density at radius 1 is 1.00 bits per heavy atom. The maximum atomic E-state index is 5.58. The van der Waals surface area contributed by atoms with Crippen molar-refractivity contribution in [2.24, 2.45) is 0 Å². The first-order valence-electron chi connectivity index (χ1n) is 9.36. The predicted molar refractivity (Wildman–Crippen MR) is 106 cm³/mol. The highest BCUT2D eigenvalue weighted by Crippen LogP contribution is 2.42. The van der Waals surface area contributed by atoms with Crippen LogP contribution in [0.3, 0.4) is 0 Å². The monoisotopic (exact) mass is 371 g/mol. The lowest BCUT2D eigenvalue weighted by Gasteiger charge is -2.31. The van der Waals surface area contributed by atoms with Crippen LogP contribution < -0.4 is 19.5 Å². The number of nitrogens with zero attached hydrogens (tertiary/aromatic N) is 2. The minimum absolute atomic E-state index is 0.0264. The van der Waals surface area contributed by atoms with E-state index in [1.807, 2.05) is 25.1 Å². The van der Waals surface area contributed by atoms with Crippen LogP contribution in [-0.2, 0) is 0 Å². The lowest BCUT2D eigenvalue weighted by molar-refractivity contribution is 0.235. The first-order chi connectivity index (χ1) is 13.2. The topological polar surface area (TPSA) is 55.9 Å². The van der Waals surface area contributed by atoms with E-state index < -0.39 is 0 Å². The number of pyridine rings is 1. The van der Waals surface area contributed by atoms with E-state index in [1.165, 1.54) is 0 Å². The summed E-state index contributed by atoms with van der Waals surface area (Å²) in [7, 11) is 4.92. The highest BCUT2D eigenvalue weighted by molar-refractivity contribution is 5.55. The van der Waals surface area contributed by atoms with E-state index in [9.17, 15) is 0 Å². The lowest BCUT2D eigenvalue weighted by Crippen LogP contribution is -2.33. The average molecular weight is 371 g/mol. The third-order valence-corrected chi connectivity index (χ3v) is 4.93. The van der Waals surface area contributed by atoms with Crippen LogP contribution in [0.4, 0.5) is 0 Å². The number of aryl methyl sites for hydroxylation is 1. The Labute approximate surface area is 161 Å². The third kappa shape index (κ3) is 4.34. The van der Waals surface area contributed by atoms with E-state index in [1.54, 1.807) is 21.3 Å². The van der Waals surface area contributed by atoms with Crippen LogP contribution in [0.25, 0.3) is 0 Å². The van der Waals surface area contributed by atoms with Crippen LogP contribution in [0.15, 0.2) is 30.3 Å². The van der Waals surface area contributed by atoms with Crippen molar-refractivity contribution in [3.63, 3.8) is 0 Å². The van der Waals surface area contributed by atoms with Crippen molar-refractivity contribution in [3.8, 4) is 17.2 Å². The molecule has 1 aliphatic heterocycles. The van der Waals surface area contributed by atoms with E-state index in [4.69, 9.17) is 19.2 Å². The van der Waals surface area contributed by atoms with Crippen LogP contribution >= 0.6 is 0 Å². The molecule has 0 spiro atoms. The Morgan fingerprint density at radius 3 is 2.37 bits per heavy atom. The molecule has 1 atom stereocenters. The summed E-state index contributed by atoms with van der Waals surface area (Å²) in [6.45, 7) is 5.99. The van der Waals surface area contributed by atoms with Gasteiger partial charge in [-0.25, -0.2) is 0 Å². The molecule has 1 aromatic heterocycles. The summed E-state index contributed by atoms with van der Waals surface area (Å²) in [6.07, 6.45) is 1.10. The first-order valence-corrected chi connectivity index (χ1v) is 9.36. The SMILES string of the molecule is COc1cc(C(c2cccc(C)n2)N2CCCNCC2)cc(OC)c1OC. The van der Waals surface area contributed by atoms with Crippen LogP contribution in [0.2, 0.25) is 0 Å². The Hall–Kier alpha value is -2.31. The number of hydrogen-bond acceptors (Lipinski definition) is 6. The molecule has 6 nitrogen and oxygen atoms in total. The van der Waals surface area contributed by atoms with Crippen LogP contribution in [-0.4, -0.2) is 57.4 Å². The van der Waals surface area contributed by atoms with E-state index in [2.05, 4.69) is 22.3 Å². The Balaban J connectivity index is 2.12. The second-order valence-electron chi connectivity index (χ2n) is 6.70. The van der Waals surface area contributed by atoms with Crippen molar-refractivity contribution in [2.45, 2.75) is 19.4 Å². The predicted octanol–water partition coefficient (Wildman–Crippen LogP) is 2.80. The minimum atomic E-state index is 0.0264. The molecule has 0 bridgehead atoms. The standard InChI is InChI=1S/C21H29N3O3/c1-15-7-5-8-17(23-15)20(24-11-6-9-22-10-12-24)16-13-18(25-2)21(27-4)19(14-16)26-3/h5,7-8,13-14,20,22H,6,9-12H2,1-4H3. The van der Waals surface area contributed by atoms with Gasteiger partial charge >= 0.3 is 0 Å². The van der Waals surface area contributed by atoms with E-state index >= 15 is 0 Å². The van der Waals surface area contributed by atoms with Gasteiger partial charge < -0.3 is 19.5 Å². The summed E-state index contributed by atoms with van der Waals surface area (Å²) < 4.78 is 16.7. The van der Waals surface area contributed by atoms with E-state index in [0.717, 1.165) is 49.6 Å². The number of nitrogens with one attached hydrogen (secondary N) is 1. The smallest absolute Gasteiger partial charge is 0.203 e. The zero-order valence-corrected chi connectivity index (χ0v) is 16.6. The molecule has 1 saturated heterocycles. The van der Waals surface area contributed by atoms with Gasteiger partial charge in [-0.1, -0.05) is 6.07 Å². The van der Waals surface area contributed by atoms with Gasteiger partial charge in [0.05, 0.1) is 33.1 Å². The number of hydrogen-bond donors (Lipinski definition) is 1. The van der Waals surface area contributed by atoms with Crippen molar-refractivity contribution >= 4 is 0 Å². The molecule has 1 N–H and O–H groups in total. The molecular weight excluding hydrogens is 342 g/mol. The number of ether oxygens (including phenoxy) is 3. The number of methoxy groups -OCH3 is 3. The van der Waals surface area contributed by atoms with Gasteiger partial charge in [0.25, 0.3) is 0 Å². The van der Waals surface area contributed by atoms with Gasteiger partial charge in [-0.15, -0.1) is 0 Å². The molecule has 0 amide bonds. The summed E-state index contributed by atoms with van der Waals surface area (Å²) in [6, 6.07) is 10.3. The van der Waals surface area contributed by atoms with Crippen LogP contribution in [0.1, 0.15) is 29.4 Å². The molecule has 0 radical (unpaired) electrons. The molecule has 0 saturated carbocycles. The van der Waals surface area contributed by atoms with Gasteiger partial charge in [-0.2, -0.15) is 0 Å². The van der Waals surface area contributed by atoms with Crippen LogP contribution in [0.5, 0.6) is 17.2 Å². The fourth-order valence-corrected chi connectivity index (χ4v) is 3.67. The van der Waals surface area contributed by atoms with Gasteiger partial charge in [0.15, 0.2) is 11.5 Å². The molecule has 2 aromatic rings. The Kier molecular flexibility index (Phi) is 6.53. The quantitative estimate of drug-likeness (QED) is 0.843. The van der Waals surface area contributed by atoms with E-state index in [0.29, 0.717) is 17.2 Å². The Morgan fingerprint density at radius 2 is 1.74 bits per heavy atom. The van der Waals surface area contributed by atoms with Crippen LogP contribution in [0, 0.1) is 6.92 Å². The summed E-state index contributed by atoms with van der Waals surface area (Å²) in [5, 5.41) is 3.48. The maximum absolute atomic E-state index is 5.58. The fourth-order valence-electron chi connectivity index (χ4n) is 3.67. The van der Waals surface area contributed by atoms with Gasteiger partial charge in [-0.3, -0.25) is 9.88 Å². The molecule has 3 rings (SSSR count). The fraction of sp³-hybridized carbons (Fsp3) is 0.476. The van der Waals surface area contributed by atoms with Crippen molar-refractivity contribution in [2.75, 3.05) is 47.5 Å². The van der Waals surface area contributed by atoms with Gasteiger partial charge in [-0.05, 0) is 49.7 Å².